The van der Waals surface area contributed by atoms with Crippen LogP contribution in [0.2, 0.25) is 0 Å². The van der Waals surface area contributed by atoms with Crippen LogP contribution in [0, 0.1) is 0 Å². The van der Waals surface area contributed by atoms with Crippen LogP contribution < -0.4 is 0 Å². The molecule has 2 heteroatoms. The molecule has 2 aromatic carbocycles. The molecule has 0 amide bonds. The fourth-order valence-electron chi connectivity index (χ4n) is 1.61. The molecule has 0 spiro atoms. The van der Waals surface area contributed by atoms with E-state index in [2.05, 4.69) is 46.6 Å². The van der Waals surface area contributed by atoms with Crippen LogP contribution >= 0.6 is 0 Å². The van der Waals surface area contributed by atoms with E-state index in [4.69, 9.17) is 0 Å². The van der Waals surface area contributed by atoms with Gasteiger partial charge >= 0.3 is 0 Å². The third-order valence-corrected chi connectivity index (χ3v) is 2.54. The van der Waals surface area contributed by atoms with Gasteiger partial charge in [-0.15, -0.1) is 0 Å². The quantitative estimate of drug-likeness (QED) is 0.688. The van der Waals surface area contributed by atoms with E-state index in [0.29, 0.717) is 6.54 Å². The molecule has 0 fully saturated rings. The van der Waals surface area contributed by atoms with Crippen molar-refractivity contribution in [1.82, 2.24) is 0 Å². The van der Waals surface area contributed by atoms with Crippen molar-refractivity contribution < 1.29 is 0 Å². The molecular formula is C15H16N2. The summed E-state index contributed by atoms with van der Waals surface area (Å²) >= 11 is 0. The zero-order valence-corrected chi connectivity index (χ0v) is 9.79. The maximum Gasteiger partial charge on any atom is 0.0849 e. The molecule has 2 nitrogen and oxygen atoms in total. The first kappa shape index (κ1) is 11.5. The number of hydrogen-bond donors (Lipinski definition) is 0. The predicted octanol–water partition coefficient (Wildman–Crippen LogP) is 3.88. The van der Waals surface area contributed by atoms with E-state index >= 15 is 0 Å². The standard InChI is InChI=1S/C15H16N2/c1-3-7-14(8-4-1)11-12-16-17-13-15-9-5-2-6-10-15/h1-10H,11-13H2. The van der Waals surface area contributed by atoms with Gasteiger partial charge in [0.25, 0.3) is 0 Å². The van der Waals surface area contributed by atoms with Gasteiger partial charge in [0, 0.05) is 0 Å². The van der Waals surface area contributed by atoms with Crippen molar-refractivity contribution in [2.45, 2.75) is 13.0 Å². The van der Waals surface area contributed by atoms with Crippen molar-refractivity contribution in [3.8, 4) is 0 Å². The summed E-state index contributed by atoms with van der Waals surface area (Å²) in [5.41, 5.74) is 2.52. The molecule has 2 rings (SSSR count). The first-order chi connectivity index (χ1) is 8.45. The van der Waals surface area contributed by atoms with E-state index in [-0.39, 0.29) is 0 Å². The van der Waals surface area contributed by atoms with Gasteiger partial charge in [-0.05, 0) is 17.5 Å². The van der Waals surface area contributed by atoms with Gasteiger partial charge in [0.1, 0.15) is 0 Å². The fourth-order valence-corrected chi connectivity index (χ4v) is 1.61. The molecule has 0 aliphatic carbocycles. The Balaban J connectivity index is 1.72. The summed E-state index contributed by atoms with van der Waals surface area (Å²) in [4.78, 5) is 0. The van der Waals surface area contributed by atoms with Gasteiger partial charge in [-0.1, -0.05) is 60.7 Å². The molecule has 0 bridgehead atoms. The molecule has 0 heterocycles. The van der Waals surface area contributed by atoms with Crippen LogP contribution in [0.25, 0.3) is 0 Å². The molecule has 0 aromatic heterocycles. The van der Waals surface area contributed by atoms with Crippen LogP contribution in [-0.2, 0) is 13.0 Å². The van der Waals surface area contributed by atoms with Crippen molar-refractivity contribution in [3.63, 3.8) is 0 Å². The van der Waals surface area contributed by atoms with E-state index < -0.39 is 0 Å². The lowest BCUT2D eigenvalue weighted by Gasteiger charge is -1.96. The lowest BCUT2D eigenvalue weighted by atomic mass is 10.2. The Kier molecular flexibility index (Phi) is 4.46. The zero-order valence-electron chi connectivity index (χ0n) is 9.79. The van der Waals surface area contributed by atoms with Gasteiger partial charge < -0.3 is 0 Å². The Bertz CT molecular complexity index is 449. The highest BCUT2D eigenvalue weighted by Crippen LogP contribution is 2.02. The SMILES string of the molecule is c1ccc(CCN=NCc2ccccc2)cc1. The van der Waals surface area contributed by atoms with Crippen LogP contribution in [0.3, 0.4) is 0 Å². The molecule has 86 valence electrons. The first-order valence-corrected chi connectivity index (χ1v) is 5.86. The van der Waals surface area contributed by atoms with E-state index in [1.54, 1.807) is 0 Å². The van der Waals surface area contributed by atoms with E-state index in [1.807, 2.05) is 24.3 Å². The highest BCUT2D eigenvalue weighted by atomic mass is 15.1. The smallest absolute Gasteiger partial charge is 0.0849 e. The Morgan fingerprint density at radius 2 is 1.24 bits per heavy atom. The van der Waals surface area contributed by atoms with Crippen molar-refractivity contribution >= 4 is 0 Å². The Labute approximate surface area is 102 Å². The van der Waals surface area contributed by atoms with Gasteiger partial charge in [-0.2, -0.15) is 10.2 Å². The third-order valence-electron chi connectivity index (χ3n) is 2.54. The second-order valence-electron chi connectivity index (χ2n) is 3.89. The predicted molar refractivity (Wildman–Crippen MR) is 70.0 cm³/mol. The van der Waals surface area contributed by atoms with Crippen LogP contribution in [0.5, 0.6) is 0 Å². The summed E-state index contributed by atoms with van der Waals surface area (Å²) in [6, 6.07) is 20.6. The average molecular weight is 224 g/mol. The third kappa shape index (κ3) is 4.19. The highest BCUT2D eigenvalue weighted by molar-refractivity contribution is 5.15. The van der Waals surface area contributed by atoms with Crippen LogP contribution in [0.1, 0.15) is 11.1 Å². The van der Waals surface area contributed by atoms with Crippen molar-refractivity contribution in [3.05, 3.63) is 71.8 Å². The summed E-state index contributed by atoms with van der Waals surface area (Å²) < 4.78 is 0. The molecule has 0 unspecified atom stereocenters. The van der Waals surface area contributed by atoms with E-state index in [1.165, 1.54) is 11.1 Å². The Hall–Kier alpha value is -1.96. The summed E-state index contributed by atoms with van der Waals surface area (Å²) in [7, 11) is 0. The topological polar surface area (TPSA) is 24.7 Å². The monoisotopic (exact) mass is 224 g/mol. The number of benzene rings is 2. The molecule has 0 radical (unpaired) electrons. The normalized spacial score (nSPS) is 10.8. The molecule has 0 aliphatic heterocycles. The summed E-state index contributed by atoms with van der Waals surface area (Å²) in [5.74, 6) is 0. The molecular weight excluding hydrogens is 208 g/mol. The molecule has 0 saturated carbocycles. The van der Waals surface area contributed by atoms with Crippen molar-refractivity contribution in [2.24, 2.45) is 10.2 Å². The van der Waals surface area contributed by atoms with E-state index in [9.17, 15) is 0 Å². The second kappa shape index (κ2) is 6.59. The zero-order chi connectivity index (χ0) is 11.8. The molecule has 0 N–H and O–H groups in total. The van der Waals surface area contributed by atoms with Gasteiger partial charge in [0.05, 0.1) is 13.1 Å². The van der Waals surface area contributed by atoms with Crippen molar-refractivity contribution in [1.29, 1.82) is 0 Å². The van der Waals surface area contributed by atoms with Crippen LogP contribution in [-0.4, -0.2) is 6.54 Å². The van der Waals surface area contributed by atoms with Crippen molar-refractivity contribution in [2.75, 3.05) is 6.54 Å². The molecule has 0 aliphatic rings. The molecule has 17 heavy (non-hydrogen) atoms. The summed E-state index contributed by atoms with van der Waals surface area (Å²) in [6.45, 7) is 1.44. The first-order valence-electron chi connectivity index (χ1n) is 5.86. The second-order valence-corrected chi connectivity index (χ2v) is 3.89. The highest BCUT2D eigenvalue weighted by Gasteiger charge is 1.90. The maximum absolute atomic E-state index is 4.19. The largest absolute Gasteiger partial charge is 0.194 e. The molecule has 2 aromatic rings. The number of rotatable bonds is 5. The molecule has 0 saturated heterocycles. The van der Waals surface area contributed by atoms with Gasteiger partial charge in [0.15, 0.2) is 0 Å². The lowest BCUT2D eigenvalue weighted by Crippen LogP contribution is -1.88. The Morgan fingerprint density at radius 3 is 1.88 bits per heavy atom. The summed E-state index contributed by atoms with van der Waals surface area (Å²) in [5, 5.41) is 8.37. The van der Waals surface area contributed by atoms with E-state index in [0.717, 1.165) is 13.0 Å². The number of azo groups is 1. The fraction of sp³-hybridized carbons (Fsp3) is 0.200. The minimum atomic E-state index is 0.676. The average Bonchev–Trinajstić information content (AvgIpc) is 2.41. The van der Waals surface area contributed by atoms with Gasteiger partial charge in [0.2, 0.25) is 0 Å². The van der Waals surface area contributed by atoms with Crippen LogP contribution in [0.15, 0.2) is 70.9 Å². The Morgan fingerprint density at radius 1 is 0.647 bits per heavy atom. The number of hydrogen-bond acceptors (Lipinski definition) is 2. The minimum absolute atomic E-state index is 0.676. The maximum atomic E-state index is 4.19. The minimum Gasteiger partial charge on any atom is -0.194 e. The van der Waals surface area contributed by atoms with Crippen LogP contribution in [0.4, 0.5) is 0 Å². The van der Waals surface area contributed by atoms with Gasteiger partial charge in [-0.3, -0.25) is 0 Å². The van der Waals surface area contributed by atoms with Gasteiger partial charge in [-0.25, -0.2) is 0 Å². The summed E-state index contributed by atoms with van der Waals surface area (Å²) in [6.07, 6.45) is 0.957. The molecule has 0 atom stereocenters. The number of nitrogens with zero attached hydrogens (tertiary/aromatic N) is 2. The lowest BCUT2D eigenvalue weighted by molar-refractivity contribution is 0.830.